The number of hydrogen-bond acceptors (Lipinski definition) is 4. The molecule has 0 aliphatic heterocycles. The molecule has 0 saturated carbocycles. The second-order valence-corrected chi connectivity index (χ2v) is 8.36. The molecule has 0 spiro atoms. The van der Waals surface area contributed by atoms with E-state index in [9.17, 15) is 0 Å². The van der Waals surface area contributed by atoms with Crippen LogP contribution in [0.25, 0.3) is 0 Å². The second-order valence-electron chi connectivity index (χ2n) is 6.98. The van der Waals surface area contributed by atoms with Crippen molar-refractivity contribution in [3.8, 4) is 5.75 Å². The Morgan fingerprint density at radius 1 is 1.00 bits per heavy atom. The summed E-state index contributed by atoms with van der Waals surface area (Å²) in [7, 11) is 0. The molecule has 0 aliphatic rings. The van der Waals surface area contributed by atoms with Gasteiger partial charge in [-0.1, -0.05) is 61.5 Å². The highest BCUT2D eigenvalue weighted by atomic mass is 35.5. The average molecular weight is 416 g/mol. The summed E-state index contributed by atoms with van der Waals surface area (Å²) in [5.74, 6) is 3.02. The van der Waals surface area contributed by atoms with Crippen molar-refractivity contribution in [2.24, 2.45) is 0 Å². The number of halogens is 1. The van der Waals surface area contributed by atoms with Gasteiger partial charge < -0.3 is 9.30 Å². The SMILES string of the molecule is CCn1c(SCc2ccc(Cl)cc2)nnc1C(C)Oc1ccc(C(C)C)cc1. The van der Waals surface area contributed by atoms with Gasteiger partial charge in [-0.3, -0.25) is 0 Å². The second kappa shape index (κ2) is 9.48. The minimum absolute atomic E-state index is 0.178. The summed E-state index contributed by atoms with van der Waals surface area (Å²) in [4.78, 5) is 0. The van der Waals surface area contributed by atoms with Gasteiger partial charge in [0.25, 0.3) is 0 Å². The van der Waals surface area contributed by atoms with Crippen molar-refractivity contribution in [3.63, 3.8) is 0 Å². The first-order chi connectivity index (χ1) is 13.5. The molecule has 1 heterocycles. The normalized spacial score (nSPS) is 12.4. The summed E-state index contributed by atoms with van der Waals surface area (Å²) >= 11 is 7.63. The third kappa shape index (κ3) is 5.09. The summed E-state index contributed by atoms with van der Waals surface area (Å²) in [6, 6.07) is 16.2. The minimum Gasteiger partial charge on any atom is -0.483 e. The highest BCUT2D eigenvalue weighted by molar-refractivity contribution is 7.98. The first-order valence-electron chi connectivity index (χ1n) is 9.55. The average Bonchev–Trinajstić information content (AvgIpc) is 3.11. The van der Waals surface area contributed by atoms with Gasteiger partial charge in [-0.25, -0.2) is 0 Å². The van der Waals surface area contributed by atoms with Crippen molar-refractivity contribution in [3.05, 3.63) is 70.5 Å². The fourth-order valence-corrected chi connectivity index (χ4v) is 4.01. The van der Waals surface area contributed by atoms with E-state index >= 15 is 0 Å². The van der Waals surface area contributed by atoms with Crippen LogP contribution in [-0.2, 0) is 12.3 Å². The van der Waals surface area contributed by atoms with Crippen molar-refractivity contribution in [1.29, 1.82) is 0 Å². The third-order valence-corrected chi connectivity index (χ3v) is 5.86. The van der Waals surface area contributed by atoms with E-state index in [2.05, 4.69) is 47.7 Å². The van der Waals surface area contributed by atoms with E-state index in [-0.39, 0.29) is 6.10 Å². The Morgan fingerprint density at radius 2 is 1.68 bits per heavy atom. The molecule has 4 nitrogen and oxygen atoms in total. The number of nitrogens with zero attached hydrogens (tertiary/aromatic N) is 3. The van der Waals surface area contributed by atoms with E-state index in [1.807, 2.05) is 43.3 Å². The number of thioether (sulfide) groups is 1. The zero-order valence-electron chi connectivity index (χ0n) is 16.7. The summed E-state index contributed by atoms with van der Waals surface area (Å²) in [6.07, 6.45) is -0.178. The van der Waals surface area contributed by atoms with Gasteiger partial charge in [-0.15, -0.1) is 10.2 Å². The number of rotatable bonds is 8. The van der Waals surface area contributed by atoms with Crippen LogP contribution in [-0.4, -0.2) is 14.8 Å². The summed E-state index contributed by atoms with van der Waals surface area (Å²) in [5.41, 5.74) is 2.51. The maximum absolute atomic E-state index is 6.12. The summed E-state index contributed by atoms with van der Waals surface area (Å²) in [5, 5.41) is 10.4. The molecule has 148 valence electrons. The van der Waals surface area contributed by atoms with E-state index in [4.69, 9.17) is 16.3 Å². The molecule has 1 unspecified atom stereocenters. The highest BCUT2D eigenvalue weighted by Gasteiger charge is 2.19. The lowest BCUT2D eigenvalue weighted by Crippen LogP contribution is -2.12. The van der Waals surface area contributed by atoms with E-state index in [1.165, 1.54) is 11.1 Å². The van der Waals surface area contributed by atoms with Crippen LogP contribution in [0.3, 0.4) is 0 Å². The predicted molar refractivity (Wildman–Crippen MR) is 116 cm³/mol. The first kappa shape index (κ1) is 20.7. The molecule has 2 aromatic carbocycles. The smallest absolute Gasteiger partial charge is 0.191 e. The fraction of sp³-hybridized carbons (Fsp3) is 0.364. The summed E-state index contributed by atoms with van der Waals surface area (Å²) < 4.78 is 8.24. The molecule has 6 heteroatoms. The Morgan fingerprint density at radius 3 is 2.29 bits per heavy atom. The Labute approximate surface area is 176 Å². The third-order valence-electron chi connectivity index (χ3n) is 4.57. The molecule has 0 bridgehead atoms. The van der Waals surface area contributed by atoms with Gasteiger partial charge in [0, 0.05) is 17.3 Å². The van der Waals surface area contributed by atoms with Gasteiger partial charge in [0.05, 0.1) is 0 Å². The molecule has 28 heavy (non-hydrogen) atoms. The van der Waals surface area contributed by atoms with Crippen LogP contribution in [0, 0.1) is 0 Å². The van der Waals surface area contributed by atoms with Crippen LogP contribution >= 0.6 is 23.4 Å². The van der Waals surface area contributed by atoms with Crippen molar-refractivity contribution >= 4 is 23.4 Å². The number of benzene rings is 2. The quantitative estimate of drug-likeness (QED) is 0.393. The van der Waals surface area contributed by atoms with Crippen molar-refractivity contribution in [1.82, 2.24) is 14.8 Å². The van der Waals surface area contributed by atoms with Crippen molar-refractivity contribution < 1.29 is 4.74 Å². The molecule has 0 saturated heterocycles. The number of ether oxygens (including phenoxy) is 1. The molecular weight excluding hydrogens is 390 g/mol. The van der Waals surface area contributed by atoms with Crippen LogP contribution in [0.1, 0.15) is 56.7 Å². The Bertz CT molecular complexity index is 891. The lowest BCUT2D eigenvalue weighted by Gasteiger charge is -2.16. The molecule has 0 N–H and O–H groups in total. The van der Waals surface area contributed by atoms with Crippen molar-refractivity contribution in [2.75, 3.05) is 0 Å². The van der Waals surface area contributed by atoms with Gasteiger partial charge in [0.1, 0.15) is 5.75 Å². The molecular formula is C22H26ClN3OS. The molecule has 3 aromatic rings. The van der Waals surface area contributed by atoms with Gasteiger partial charge >= 0.3 is 0 Å². The number of aromatic nitrogens is 3. The van der Waals surface area contributed by atoms with Gasteiger partial charge in [-0.2, -0.15) is 0 Å². The Kier molecular flexibility index (Phi) is 7.03. The van der Waals surface area contributed by atoms with Crippen LogP contribution < -0.4 is 4.74 Å². The van der Waals surface area contributed by atoms with E-state index in [1.54, 1.807) is 11.8 Å². The molecule has 3 rings (SSSR count). The molecule has 0 aliphatic carbocycles. The molecule has 0 amide bonds. The maximum atomic E-state index is 6.12. The van der Waals surface area contributed by atoms with Crippen molar-refractivity contribution in [2.45, 2.75) is 57.2 Å². The fourth-order valence-electron chi connectivity index (χ4n) is 2.92. The van der Waals surface area contributed by atoms with Gasteiger partial charge in [-0.05, 0) is 55.2 Å². The Balaban J connectivity index is 1.68. The van der Waals surface area contributed by atoms with E-state index in [0.29, 0.717) is 5.92 Å². The highest BCUT2D eigenvalue weighted by Crippen LogP contribution is 2.27. The van der Waals surface area contributed by atoms with E-state index < -0.39 is 0 Å². The largest absolute Gasteiger partial charge is 0.483 e. The standard InChI is InChI=1S/C22H26ClN3OS/c1-5-26-21(16(4)27-20-12-8-18(9-13-20)15(2)3)24-25-22(26)28-14-17-6-10-19(23)11-7-17/h6-13,15-16H,5,14H2,1-4H3. The minimum atomic E-state index is -0.178. The van der Waals surface area contributed by atoms with E-state index in [0.717, 1.165) is 34.1 Å². The van der Waals surface area contributed by atoms with Crippen LogP contribution in [0.5, 0.6) is 5.75 Å². The van der Waals surface area contributed by atoms with Gasteiger partial charge in [0.2, 0.25) is 0 Å². The van der Waals surface area contributed by atoms with Crippen LogP contribution in [0.4, 0.5) is 0 Å². The molecule has 0 fully saturated rings. The summed E-state index contributed by atoms with van der Waals surface area (Å²) in [6.45, 7) is 9.28. The monoisotopic (exact) mass is 415 g/mol. The maximum Gasteiger partial charge on any atom is 0.191 e. The van der Waals surface area contributed by atoms with Gasteiger partial charge in [0.15, 0.2) is 17.1 Å². The zero-order valence-corrected chi connectivity index (χ0v) is 18.3. The molecule has 1 atom stereocenters. The molecule has 1 aromatic heterocycles. The first-order valence-corrected chi connectivity index (χ1v) is 10.9. The lowest BCUT2D eigenvalue weighted by atomic mass is 10.0. The van der Waals surface area contributed by atoms with Crippen LogP contribution in [0.15, 0.2) is 53.7 Å². The molecule has 0 radical (unpaired) electrons. The van der Waals surface area contributed by atoms with Crippen LogP contribution in [0.2, 0.25) is 5.02 Å². The zero-order chi connectivity index (χ0) is 20.1. The predicted octanol–water partition coefficient (Wildman–Crippen LogP) is 6.51. The Hall–Kier alpha value is -1.98. The lowest BCUT2D eigenvalue weighted by molar-refractivity contribution is 0.210. The number of hydrogen-bond donors (Lipinski definition) is 0. The topological polar surface area (TPSA) is 39.9 Å².